The minimum absolute atomic E-state index is 0.435. The molecule has 0 aliphatic heterocycles. The summed E-state index contributed by atoms with van der Waals surface area (Å²) in [4.78, 5) is 0. The van der Waals surface area contributed by atoms with Crippen molar-refractivity contribution in [3.8, 4) is 5.75 Å². The topological polar surface area (TPSA) is 32.3 Å². The second-order valence-corrected chi connectivity index (χ2v) is 5.93. The van der Waals surface area contributed by atoms with E-state index in [4.69, 9.17) is 0 Å². The van der Waals surface area contributed by atoms with Crippen LogP contribution in [0.2, 0.25) is 0 Å². The van der Waals surface area contributed by atoms with E-state index in [9.17, 15) is 5.11 Å². The molecule has 0 radical (unpaired) electrons. The van der Waals surface area contributed by atoms with E-state index in [-0.39, 0.29) is 0 Å². The van der Waals surface area contributed by atoms with Crippen molar-refractivity contribution < 1.29 is 5.11 Å². The van der Waals surface area contributed by atoms with Crippen molar-refractivity contribution in [2.24, 2.45) is 5.92 Å². The van der Waals surface area contributed by atoms with Crippen LogP contribution >= 0.6 is 0 Å². The van der Waals surface area contributed by atoms with E-state index in [1.807, 2.05) is 13.8 Å². The molecule has 0 bridgehead atoms. The maximum absolute atomic E-state index is 9.76. The van der Waals surface area contributed by atoms with Gasteiger partial charge in [0.2, 0.25) is 0 Å². The van der Waals surface area contributed by atoms with Crippen LogP contribution in [0, 0.1) is 19.8 Å². The average Bonchev–Trinajstić information content (AvgIpc) is 2.33. The monoisotopic (exact) mass is 247 g/mol. The molecule has 1 aliphatic rings. The summed E-state index contributed by atoms with van der Waals surface area (Å²) in [6.07, 6.45) is 5.35. The molecule has 0 amide bonds. The minimum Gasteiger partial charge on any atom is -0.507 e. The van der Waals surface area contributed by atoms with E-state index < -0.39 is 0 Å². The van der Waals surface area contributed by atoms with Gasteiger partial charge in [-0.1, -0.05) is 31.9 Å². The quantitative estimate of drug-likeness (QED) is 0.854. The Hall–Kier alpha value is -1.02. The SMILES string of the molecule is Cc1cc(CNC2CCCC(C)C2)cc(C)c1O. The minimum atomic E-state index is 0.435. The average molecular weight is 247 g/mol. The Bertz CT molecular complexity index is 391. The van der Waals surface area contributed by atoms with Crippen molar-refractivity contribution in [2.75, 3.05) is 0 Å². The van der Waals surface area contributed by atoms with E-state index in [0.29, 0.717) is 11.8 Å². The van der Waals surface area contributed by atoms with Crippen molar-refractivity contribution in [1.29, 1.82) is 0 Å². The van der Waals surface area contributed by atoms with Crippen LogP contribution in [0.5, 0.6) is 5.75 Å². The molecule has 0 saturated heterocycles. The maximum atomic E-state index is 9.76. The molecule has 18 heavy (non-hydrogen) atoms. The summed E-state index contributed by atoms with van der Waals surface area (Å²) in [5, 5.41) is 13.4. The number of aromatic hydroxyl groups is 1. The van der Waals surface area contributed by atoms with Gasteiger partial charge in [-0.25, -0.2) is 0 Å². The van der Waals surface area contributed by atoms with Crippen LogP contribution < -0.4 is 5.32 Å². The van der Waals surface area contributed by atoms with Gasteiger partial charge in [0.15, 0.2) is 0 Å². The fraction of sp³-hybridized carbons (Fsp3) is 0.625. The van der Waals surface area contributed by atoms with Gasteiger partial charge in [-0.3, -0.25) is 0 Å². The molecule has 2 heteroatoms. The second kappa shape index (κ2) is 5.75. The Labute approximate surface area is 110 Å². The molecule has 100 valence electrons. The molecule has 2 unspecified atom stereocenters. The maximum Gasteiger partial charge on any atom is 0.121 e. The van der Waals surface area contributed by atoms with E-state index in [1.165, 1.54) is 31.2 Å². The van der Waals surface area contributed by atoms with Crippen LogP contribution in [0.4, 0.5) is 0 Å². The zero-order valence-corrected chi connectivity index (χ0v) is 11.8. The highest BCUT2D eigenvalue weighted by molar-refractivity contribution is 5.42. The highest BCUT2D eigenvalue weighted by Crippen LogP contribution is 2.25. The number of phenols is 1. The summed E-state index contributed by atoms with van der Waals surface area (Å²) in [7, 11) is 0. The fourth-order valence-electron chi connectivity index (χ4n) is 3.03. The second-order valence-electron chi connectivity index (χ2n) is 5.93. The summed E-state index contributed by atoms with van der Waals surface area (Å²) >= 11 is 0. The van der Waals surface area contributed by atoms with Gasteiger partial charge < -0.3 is 10.4 Å². The molecule has 2 rings (SSSR count). The number of hydrogen-bond donors (Lipinski definition) is 2. The van der Waals surface area contributed by atoms with Gasteiger partial charge in [0.05, 0.1) is 0 Å². The van der Waals surface area contributed by atoms with Crippen molar-refractivity contribution in [1.82, 2.24) is 5.32 Å². The van der Waals surface area contributed by atoms with Gasteiger partial charge in [-0.15, -0.1) is 0 Å². The number of benzene rings is 1. The predicted octanol–water partition coefficient (Wildman–Crippen LogP) is 3.68. The summed E-state index contributed by atoms with van der Waals surface area (Å²) in [6.45, 7) is 7.20. The normalized spacial score (nSPS) is 24.2. The molecule has 1 saturated carbocycles. The number of nitrogens with one attached hydrogen (secondary N) is 1. The summed E-state index contributed by atoms with van der Waals surface area (Å²) in [5.74, 6) is 1.30. The summed E-state index contributed by atoms with van der Waals surface area (Å²) in [6, 6.07) is 4.84. The van der Waals surface area contributed by atoms with Crippen molar-refractivity contribution in [2.45, 2.75) is 59.0 Å². The number of hydrogen-bond acceptors (Lipinski definition) is 2. The molecule has 1 aliphatic carbocycles. The van der Waals surface area contributed by atoms with Gasteiger partial charge >= 0.3 is 0 Å². The van der Waals surface area contributed by atoms with Gasteiger partial charge in [0.25, 0.3) is 0 Å². The van der Waals surface area contributed by atoms with Crippen molar-refractivity contribution in [3.05, 3.63) is 28.8 Å². The van der Waals surface area contributed by atoms with Gasteiger partial charge in [0.1, 0.15) is 5.75 Å². The van der Waals surface area contributed by atoms with Crippen LogP contribution in [0.3, 0.4) is 0 Å². The lowest BCUT2D eigenvalue weighted by molar-refractivity contribution is 0.300. The number of rotatable bonds is 3. The van der Waals surface area contributed by atoms with Gasteiger partial charge in [0, 0.05) is 12.6 Å². The first kappa shape index (κ1) is 13.4. The van der Waals surface area contributed by atoms with Crippen LogP contribution in [0.25, 0.3) is 0 Å². The predicted molar refractivity (Wildman–Crippen MR) is 75.8 cm³/mol. The van der Waals surface area contributed by atoms with Gasteiger partial charge in [-0.2, -0.15) is 0 Å². The first-order chi connectivity index (χ1) is 8.56. The molecule has 0 heterocycles. The van der Waals surface area contributed by atoms with Crippen molar-refractivity contribution >= 4 is 0 Å². The lowest BCUT2D eigenvalue weighted by Gasteiger charge is -2.27. The molecular formula is C16H25NO. The van der Waals surface area contributed by atoms with Crippen LogP contribution in [-0.2, 0) is 6.54 Å². The molecule has 2 N–H and O–H groups in total. The zero-order chi connectivity index (χ0) is 13.1. The highest BCUT2D eigenvalue weighted by atomic mass is 16.3. The van der Waals surface area contributed by atoms with Crippen LogP contribution in [0.1, 0.15) is 49.3 Å². The largest absolute Gasteiger partial charge is 0.507 e. The molecule has 0 spiro atoms. The Morgan fingerprint density at radius 2 is 1.89 bits per heavy atom. The smallest absolute Gasteiger partial charge is 0.121 e. The Morgan fingerprint density at radius 1 is 1.22 bits per heavy atom. The lowest BCUT2D eigenvalue weighted by Crippen LogP contribution is -2.33. The number of phenolic OH excluding ortho intramolecular Hbond substituents is 1. The fourth-order valence-corrected chi connectivity index (χ4v) is 3.03. The summed E-state index contributed by atoms with van der Waals surface area (Å²) in [5.41, 5.74) is 3.23. The molecule has 1 aromatic rings. The third kappa shape index (κ3) is 3.26. The Kier molecular flexibility index (Phi) is 4.28. The lowest BCUT2D eigenvalue weighted by atomic mass is 9.87. The van der Waals surface area contributed by atoms with Crippen LogP contribution in [-0.4, -0.2) is 11.1 Å². The molecule has 2 nitrogen and oxygen atoms in total. The third-order valence-corrected chi connectivity index (χ3v) is 4.08. The first-order valence-electron chi connectivity index (χ1n) is 7.08. The van der Waals surface area contributed by atoms with E-state index in [2.05, 4.69) is 24.4 Å². The summed E-state index contributed by atoms with van der Waals surface area (Å²) < 4.78 is 0. The molecule has 1 fully saturated rings. The van der Waals surface area contributed by atoms with Gasteiger partial charge in [-0.05, 0) is 49.3 Å². The molecular weight excluding hydrogens is 222 g/mol. The molecule has 0 aromatic heterocycles. The number of aryl methyl sites for hydroxylation is 2. The molecule has 1 aromatic carbocycles. The Morgan fingerprint density at radius 3 is 2.50 bits per heavy atom. The van der Waals surface area contributed by atoms with E-state index in [0.717, 1.165) is 23.6 Å². The van der Waals surface area contributed by atoms with E-state index in [1.54, 1.807) is 0 Å². The Balaban J connectivity index is 1.94. The van der Waals surface area contributed by atoms with E-state index >= 15 is 0 Å². The first-order valence-corrected chi connectivity index (χ1v) is 7.08. The van der Waals surface area contributed by atoms with Crippen molar-refractivity contribution in [3.63, 3.8) is 0 Å². The standard InChI is InChI=1S/C16H25NO/c1-11-5-4-6-15(7-11)17-10-14-8-12(2)16(18)13(3)9-14/h8-9,11,15,17-18H,4-7,10H2,1-3H3. The van der Waals surface area contributed by atoms with Crippen LogP contribution in [0.15, 0.2) is 12.1 Å². The molecule has 2 atom stereocenters. The third-order valence-electron chi connectivity index (χ3n) is 4.08. The zero-order valence-electron chi connectivity index (χ0n) is 11.8. The highest BCUT2D eigenvalue weighted by Gasteiger charge is 2.18.